The number of hydrogen-bond donors (Lipinski definition) is 2. The van der Waals surface area contributed by atoms with Crippen LogP contribution in [0.2, 0.25) is 0 Å². The molecule has 2 amide bonds. The van der Waals surface area contributed by atoms with E-state index in [1.807, 2.05) is 55.5 Å². The van der Waals surface area contributed by atoms with Crippen molar-refractivity contribution in [1.82, 2.24) is 5.32 Å². The van der Waals surface area contributed by atoms with Crippen molar-refractivity contribution in [3.63, 3.8) is 0 Å². The number of amides is 2. The average molecular weight is 461 g/mol. The first-order chi connectivity index (χ1) is 15.7. The molecule has 1 heterocycles. The van der Waals surface area contributed by atoms with E-state index in [9.17, 15) is 9.59 Å². The van der Waals surface area contributed by atoms with Gasteiger partial charge in [-0.15, -0.1) is 11.3 Å². The molecule has 0 aliphatic heterocycles. The molecule has 2 aromatic carbocycles. The van der Waals surface area contributed by atoms with Crippen LogP contribution in [0.15, 0.2) is 60.7 Å². The van der Waals surface area contributed by atoms with Gasteiger partial charge in [0.2, 0.25) is 0 Å². The third-order valence-electron chi connectivity index (χ3n) is 6.63. The lowest BCUT2D eigenvalue weighted by atomic mass is 9.72. The zero-order valence-electron chi connectivity index (χ0n) is 19.8. The van der Waals surface area contributed by atoms with Gasteiger partial charge in [-0.3, -0.25) is 9.59 Å². The van der Waals surface area contributed by atoms with Crippen LogP contribution in [0.25, 0.3) is 0 Å². The van der Waals surface area contributed by atoms with E-state index in [2.05, 4.69) is 31.4 Å². The Morgan fingerprint density at radius 3 is 2.24 bits per heavy atom. The third kappa shape index (κ3) is 5.19. The van der Waals surface area contributed by atoms with Crippen molar-refractivity contribution < 1.29 is 9.59 Å². The number of nitrogens with one attached hydrogen (secondary N) is 2. The molecule has 4 rings (SSSR count). The third-order valence-corrected chi connectivity index (χ3v) is 7.80. The molecule has 0 unspecified atom stereocenters. The van der Waals surface area contributed by atoms with Gasteiger partial charge in [0.25, 0.3) is 11.8 Å². The molecule has 172 valence electrons. The highest BCUT2D eigenvalue weighted by Gasteiger charge is 2.34. The van der Waals surface area contributed by atoms with Gasteiger partial charge >= 0.3 is 0 Å². The number of carbonyl (C=O) groups excluding carboxylic acids is 2. The summed E-state index contributed by atoms with van der Waals surface area (Å²) >= 11 is 1.56. The van der Waals surface area contributed by atoms with Crippen LogP contribution in [-0.4, -0.2) is 11.8 Å². The predicted octanol–water partition coefficient (Wildman–Crippen LogP) is 6.64. The monoisotopic (exact) mass is 460 g/mol. The number of fused-ring (bicyclic) bond motifs is 1. The topological polar surface area (TPSA) is 58.2 Å². The second-order valence-corrected chi connectivity index (χ2v) is 11.0. The zero-order valence-corrected chi connectivity index (χ0v) is 20.6. The summed E-state index contributed by atoms with van der Waals surface area (Å²) in [5.74, 6) is 0.244. The molecule has 2 atom stereocenters. The van der Waals surface area contributed by atoms with Crippen LogP contribution < -0.4 is 10.6 Å². The minimum absolute atomic E-state index is 0.124. The summed E-state index contributed by atoms with van der Waals surface area (Å²) in [6.07, 6.45) is 2.85. The average Bonchev–Trinajstić information content (AvgIpc) is 3.16. The summed E-state index contributed by atoms with van der Waals surface area (Å²) in [6.45, 7) is 8.83. The summed E-state index contributed by atoms with van der Waals surface area (Å²) in [5.41, 5.74) is 3.58. The van der Waals surface area contributed by atoms with E-state index in [-0.39, 0.29) is 23.3 Å². The number of thiophene rings is 1. The molecule has 0 radical (unpaired) electrons. The smallest absolute Gasteiger partial charge is 0.256 e. The van der Waals surface area contributed by atoms with Gasteiger partial charge in [0.05, 0.1) is 11.6 Å². The molecule has 1 aromatic heterocycles. The highest BCUT2D eigenvalue weighted by molar-refractivity contribution is 7.17. The van der Waals surface area contributed by atoms with E-state index in [4.69, 9.17) is 0 Å². The lowest BCUT2D eigenvalue weighted by Crippen LogP contribution is -2.30. The Labute approximate surface area is 200 Å². The number of rotatable bonds is 5. The molecule has 0 saturated carbocycles. The zero-order chi connectivity index (χ0) is 23.6. The second-order valence-electron chi connectivity index (χ2n) is 9.94. The maximum absolute atomic E-state index is 13.5. The predicted molar refractivity (Wildman–Crippen MR) is 136 cm³/mol. The van der Waals surface area contributed by atoms with Crippen LogP contribution in [0, 0.1) is 11.3 Å². The maximum Gasteiger partial charge on any atom is 0.256 e. The molecule has 1 aliphatic carbocycles. The standard InChI is InChI=1S/C28H32N2O2S/c1-18(19-11-7-5-8-12-19)29-26(32)24-22-16-15-21(28(2,3)4)17-23(22)33-27(24)30-25(31)20-13-9-6-10-14-20/h5-14,18,21H,15-17H2,1-4H3,(H,29,32)(H,30,31)/t18-,21+/m0/s1. The van der Waals surface area contributed by atoms with E-state index in [1.54, 1.807) is 23.5 Å². The molecule has 3 aromatic rings. The Morgan fingerprint density at radius 1 is 0.970 bits per heavy atom. The van der Waals surface area contributed by atoms with E-state index < -0.39 is 0 Å². The molecule has 0 saturated heterocycles. The van der Waals surface area contributed by atoms with Crippen LogP contribution in [0.5, 0.6) is 0 Å². The molecule has 0 fully saturated rings. The fourth-order valence-corrected chi connectivity index (χ4v) is 5.83. The highest BCUT2D eigenvalue weighted by Crippen LogP contribution is 2.44. The number of benzene rings is 2. The van der Waals surface area contributed by atoms with Crippen molar-refractivity contribution in [3.05, 3.63) is 87.8 Å². The van der Waals surface area contributed by atoms with Crippen molar-refractivity contribution in [3.8, 4) is 0 Å². The fourth-order valence-electron chi connectivity index (χ4n) is 4.51. The molecule has 33 heavy (non-hydrogen) atoms. The first kappa shape index (κ1) is 23.2. The highest BCUT2D eigenvalue weighted by atomic mass is 32.1. The van der Waals surface area contributed by atoms with Gasteiger partial charge in [0, 0.05) is 10.4 Å². The van der Waals surface area contributed by atoms with Crippen LogP contribution in [-0.2, 0) is 12.8 Å². The van der Waals surface area contributed by atoms with Crippen molar-refractivity contribution in [2.24, 2.45) is 11.3 Å². The van der Waals surface area contributed by atoms with Crippen molar-refractivity contribution >= 4 is 28.2 Å². The Morgan fingerprint density at radius 2 is 1.61 bits per heavy atom. The first-order valence-corrected chi connectivity index (χ1v) is 12.4. The van der Waals surface area contributed by atoms with Gasteiger partial charge in [-0.25, -0.2) is 0 Å². The Kier molecular flexibility index (Phi) is 6.71. The van der Waals surface area contributed by atoms with Gasteiger partial charge < -0.3 is 10.6 Å². The van der Waals surface area contributed by atoms with Crippen LogP contribution in [0.1, 0.15) is 76.9 Å². The number of hydrogen-bond acceptors (Lipinski definition) is 3. The lowest BCUT2D eigenvalue weighted by molar-refractivity contribution is 0.0939. The SMILES string of the molecule is C[C@H](NC(=O)c1c(NC(=O)c2ccccc2)sc2c1CC[C@@H](C(C)(C)C)C2)c1ccccc1. The molecule has 0 spiro atoms. The van der Waals surface area contributed by atoms with Gasteiger partial charge in [-0.2, -0.15) is 0 Å². The van der Waals surface area contributed by atoms with Gasteiger partial charge in [-0.05, 0) is 60.8 Å². The normalized spacial score (nSPS) is 16.5. The van der Waals surface area contributed by atoms with Gasteiger partial charge in [0.15, 0.2) is 0 Å². The summed E-state index contributed by atoms with van der Waals surface area (Å²) in [4.78, 5) is 27.7. The number of anilines is 1. The molecule has 5 heteroatoms. The van der Waals surface area contributed by atoms with Crippen LogP contribution in [0.4, 0.5) is 5.00 Å². The van der Waals surface area contributed by atoms with Crippen molar-refractivity contribution in [2.45, 2.75) is 53.0 Å². The quantitative estimate of drug-likeness (QED) is 0.448. The maximum atomic E-state index is 13.5. The second kappa shape index (κ2) is 9.52. The minimum atomic E-state index is -0.188. The van der Waals surface area contributed by atoms with E-state index in [1.165, 1.54) is 4.88 Å². The molecular formula is C28H32N2O2S. The van der Waals surface area contributed by atoms with E-state index in [0.717, 1.165) is 30.4 Å². The van der Waals surface area contributed by atoms with Gasteiger partial charge in [0.1, 0.15) is 5.00 Å². The number of carbonyl (C=O) groups is 2. The summed E-state index contributed by atoms with van der Waals surface area (Å²) in [6, 6.07) is 19.0. The summed E-state index contributed by atoms with van der Waals surface area (Å²) in [5, 5.41) is 6.86. The first-order valence-electron chi connectivity index (χ1n) is 11.6. The van der Waals surface area contributed by atoms with Crippen molar-refractivity contribution in [1.29, 1.82) is 0 Å². The molecule has 1 aliphatic rings. The Balaban J connectivity index is 1.65. The summed E-state index contributed by atoms with van der Waals surface area (Å²) < 4.78 is 0. The lowest BCUT2D eigenvalue weighted by Gasteiger charge is -2.34. The van der Waals surface area contributed by atoms with Crippen LogP contribution >= 0.6 is 11.3 Å². The van der Waals surface area contributed by atoms with Gasteiger partial charge in [-0.1, -0.05) is 69.3 Å². The van der Waals surface area contributed by atoms with E-state index in [0.29, 0.717) is 22.0 Å². The molecular weight excluding hydrogens is 428 g/mol. The van der Waals surface area contributed by atoms with Crippen molar-refractivity contribution in [2.75, 3.05) is 5.32 Å². The summed E-state index contributed by atoms with van der Waals surface area (Å²) in [7, 11) is 0. The fraction of sp³-hybridized carbons (Fsp3) is 0.357. The molecule has 4 nitrogen and oxygen atoms in total. The van der Waals surface area contributed by atoms with E-state index >= 15 is 0 Å². The Bertz CT molecular complexity index is 1130. The largest absolute Gasteiger partial charge is 0.345 e. The van der Waals surface area contributed by atoms with Crippen LogP contribution in [0.3, 0.4) is 0 Å². The molecule has 2 N–H and O–H groups in total. The molecule has 0 bridgehead atoms. The minimum Gasteiger partial charge on any atom is -0.345 e. The Hall–Kier alpha value is -2.92.